The predicted octanol–water partition coefficient (Wildman–Crippen LogP) is 4.63. The number of aromatic nitrogens is 2. The third-order valence-corrected chi connectivity index (χ3v) is 4.43. The maximum atomic E-state index is 5.96. The van der Waals surface area contributed by atoms with Crippen LogP contribution in [0.15, 0.2) is 18.2 Å². The highest BCUT2D eigenvalue weighted by atomic mass is 35.5. The van der Waals surface area contributed by atoms with E-state index in [2.05, 4.69) is 29.7 Å². The standard InChI is InChI=1S/C16H21ClN2/c1-12-6-5-9-14-16(12)19(15(18-14)10-11-17)13-7-3-2-4-8-13/h5-6,9,13H,2-4,7-8,10-11H2,1H3. The number of alkyl halides is 1. The van der Waals surface area contributed by atoms with Crippen molar-refractivity contribution >= 4 is 22.6 Å². The first kappa shape index (κ1) is 13.0. The van der Waals surface area contributed by atoms with Crippen LogP contribution >= 0.6 is 11.6 Å². The van der Waals surface area contributed by atoms with E-state index in [1.54, 1.807) is 0 Å². The molecular formula is C16H21ClN2. The molecule has 1 aliphatic carbocycles. The molecule has 1 aromatic heterocycles. The van der Waals surface area contributed by atoms with Crippen LogP contribution in [0.1, 0.15) is 49.5 Å². The van der Waals surface area contributed by atoms with E-state index in [1.165, 1.54) is 49.0 Å². The van der Waals surface area contributed by atoms with Crippen LogP contribution < -0.4 is 0 Å². The zero-order valence-electron chi connectivity index (χ0n) is 11.5. The van der Waals surface area contributed by atoms with Crippen molar-refractivity contribution in [2.75, 3.05) is 5.88 Å². The summed E-state index contributed by atoms with van der Waals surface area (Å²) < 4.78 is 2.49. The summed E-state index contributed by atoms with van der Waals surface area (Å²) in [5, 5.41) is 0. The molecule has 3 rings (SSSR count). The highest BCUT2D eigenvalue weighted by Crippen LogP contribution is 2.33. The van der Waals surface area contributed by atoms with E-state index in [0.717, 1.165) is 11.9 Å². The largest absolute Gasteiger partial charge is 0.325 e. The third-order valence-electron chi connectivity index (χ3n) is 4.24. The van der Waals surface area contributed by atoms with Crippen molar-refractivity contribution < 1.29 is 0 Å². The van der Waals surface area contributed by atoms with E-state index in [0.29, 0.717) is 11.9 Å². The van der Waals surface area contributed by atoms with E-state index in [4.69, 9.17) is 16.6 Å². The monoisotopic (exact) mass is 276 g/mol. The molecule has 0 spiro atoms. The SMILES string of the molecule is Cc1cccc2nc(CCCl)n(C3CCCCC3)c12. The number of fused-ring (bicyclic) bond motifs is 1. The molecule has 2 aromatic rings. The Morgan fingerprint density at radius 3 is 2.79 bits per heavy atom. The molecule has 1 aromatic carbocycles. The second kappa shape index (κ2) is 5.54. The molecule has 1 aliphatic rings. The minimum atomic E-state index is 0.623. The molecule has 1 saturated carbocycles. The van der Waals surface area contributed by atoms with Crippen molar-refractivity contribution in [2.45, 2.75) is 51.5 Å². The minimum Gasteiger partial charge on any atom is -0.325 e. The highest BCUT2D eigenvalue weighted by molar-refractivity contribution is 6.17. The molecule has 0 saturated heterocycles. The van der Waals surface area contributed by atoms with Gasteiger partial charge in [0.25, 0.3) is 0 Å². The molecule has 1 heterocycles. The van der Waals surface area contributed by atoms with Crippen LogP contribution in [-0.4, -0.2) is 15.4 Å². The summed E-state index contributed by atoms with van der Waals surface area (Å²) in [6.45, 7) is 2.19. The fraction of sp³-hybridized carbons (Fsp3) is 0.562. The maximum absolute atomic E-state index is 5.96. The van der Waals surface area contributed by atoms with Crippen molar-refractivity contribution in [3.05, 3.63) is 29.6 Å². The first-order valence-electron chi connectivity index (χ1n) is 7.33. The van der Waals surface area contributed by atoms with Crippen LogP contribution in [0.5, 0.6) is 0 Å². The van der Waals surface area contributed by atoms with Crippen LogP contribution in [0.25, 0.3) is 11.0 Å². The number of nitrogens with zero attached hydrogens (tertiary/aromatic N) is 2. The summed E-state index contributed by atoms with van der Waals surface area (Å²) in [6.07, 6.45) is 7.51. The average molecular weight is 277 g/mol. The lowest BCUT2D eigenvalue weighted by Gasteiger charge is -2.26. The van der Waals surface area contributed by atoms with Gasteiger partial charge in [-0.2, -0.15) is 0 Å². The Balaban J connectivity index is 2.14. The van der Waals surface area contributed by atoms with E-state index >= 15 is 0 Å². The summed E-state index contributed by atoms with van der Waals surface area (Å²) in [7, 11) is 0. The van der Waals surface area contributed by atoms with Crippen LogP contribution in [0, 0.1) is 6.92 Å². The number of aryl methyl sites for hydroxylation is 2. The quantitative estimate of drug-likeness (QED) is 0.747. The van der Waals surface area contributed by atoms with Gasteiger partial charge in [-0.3, -0.25) is 0 Å². The van der Waals surface area contributed by atoms with Gasteiger partial charge in [0.05, 0.1) is 11.0 Å². The van der Waals surface area contributed by atoms with E-state index < -0.39 is 0 Å². The Bertz CT molecular complexity index is 567. The lowest BCUT2D eigenvalue weighted by molar-refractivity contribution is 0.353. The van der Waals surface area contributed by atoms with Gasteiger partial charge >= 0.3 is 0 Å². The minimum absolute atomic E-state index is 0.623. The zero-order chi connectivity index (χ0) is 13.2. The topological polar surface area (TPSA) is 17.8 Å². The summed E-state index contributed by atoms with van der Waals surface area (Å²) in [5.74, 6) is 1.82. The van der Waals surface area contributed by atoms with Gasteiger partial charge in [-0.05, 0) is 31.4 Å². The van der Waals surface area contributed by atoms with Crippen LogP contribution in [0.4, 0.5) is 0 Å². The summed E-state index contributed by atoms with van der Waals surface area (Å²) in [4.78, 5) is 4.82. The molecule has 102 valence electrons. The van der Waals surface area contributed by atoms with Crippen molar-refractivity contribution in [2.24, 2.45) is 0 Å². The van der Waals surface area contributed by atoms with Gasteiger partial charge in [-0.15, -0.1) is 11.6 Å². The van der Waals surface area contributed by atoms with E-state index in [-0.39, 0.29) is 0 Å². The van der Waals surface area contributed by atoms with Gasteiger partial charge in [0.2, 0.25) is 0 Å². The first-order chi connectivity index (χ1) is 9.31. The molecule has 0 N–H and O–H groups in total. The lowest BCUT2D eigenvalue weighted by Crippen LogP contribution is -2.16. The third kappa shape index (κ3) is 2.38. The lowest BCUT2D eigenvalue weighted by atomic mass is 9.95. The van der Waals surface area contributed by atoms with Crippen molar-refractivity contribution in [1.29, 1.82) is 0 Å². The Kier molecular flexibility index (Phi) is 3.79. The second-order valence-electron chi connectivity index (χ2n) is 5.57. The molecule has 0 radical (unpaired) electrons. The van der Waals surface area contributed by atoms with Gasteiger partial charge in [0, 0.05) is 18.3 Å². The van der Waals surface area contributed by atoms with Crippen molar-refractivity contribution in [3.8, 4) is 0 Å². The Labute approximate surface area is 119 Å². The second-order valence-corrected chi connectivity index (χ2v) is 5.95. The number of hydrogen-bond acceptors (Lipinski definition) is 1. The van der Waals surface area contributed by atoms with Gasteiger partial charge in [0.1, 0.15) is 5.82 Å². The number of rotatable bonds is 3. The smallest absolute Gasteiger partial charge is 0.111 e. The molecule has 3 heteroatoms. The van der Waals surface area contributed by atoms with Crippen LogP contribution in [0.3, 0.4) is 0 Å². The molecule has 0 atom stereocenters. The molecule has 0 unspecified atom stereocenters. The molecule has 0 aliphatic heterocycles. The highest BCUT2D eigenvalue weighted by Gasteiger charge is 2.21. The molecule has 2 nitrogen and oxygen atoms in total. The Morgan fingerprint density at radius 1 is 1.26 bits per heavy atom. The summed E-state index contributed by atoms with van der Waals surface area (Å²) >= 11 is 5.96. The summed E-state index contributed by atoms with van der Waals surface area (Å²) in [5.41, 5.74) is 3.79. The van der Waals surface area contributed by atoms with Gasteiger partial charge in [-0.1, -0.05) is 31.4 Å². The zero-order valence-corrected chi connectivity index (χ0v) is 12.3. The molecular weight excluding hydrogens is 256 g/mol. The fourth-order valence-corrected chi connectivity index (χ4v) is 3.53. The van der Waals surface area contributed by atoms with Crippen LogP contribution in [-0.2, 0) is 6.42 Å². The fourth-order valence-electron chi connectivity index (χ4n) is 3.36. The van der Waals surface area contributed by atoms with E-state index in [1.807, 2.05) is 0 Å². The number of halogens is 1. The number of hydrogen-bond donors (Lipinski definition) is 0. The molecule has 0 bridgehead atoms. The molecule has 0 amide bonds. The Morgan fingerprint density at radius 2 is 2.05 bits per heavy atom. The average Bonchev–Trinajstić information content (AvgIpc) is 2.80. The number of benzene rings is 1. The Hall–Kier alpha value is -1.02. The number of para-hydroxylation sites is 1. The first-order valence-corrected chi connectivity index (χ1v) is 7.87. The van der Waals surface area contributed by atoms with Crippen molar-refractivity contribution in [1.82, 2.24) is 9.55 Å². The van der Waals surface area contributed by atoms with Gasteiger partial charge in [0.15, 0.2) is 0 Å². The van der Waals surface area contributed by atoms with E-state index in [9.17, 15) is 0 Å². The summed E-state index contributed by atoms with van der Waals surface area (Å²) in [6, 6.07) is 7.03. The van der Waals surface area contributed by atoms with Gasteiger partial charge in [-0.25, -0.2) is 4.98 Å². The molecule has 19 heavy (non-hydrogen) atoms. The van der Waals surface area contributed by atoms with Crippen LogP contribution in [0.2, 0.25) is 0 Å². The number of imidazole rings is 1. The van der Waals surface area contributed by atoms with Crippen molar-refractivity contribution in [3.63, 3.8) is 0 Å². The predicted molar refractivity (Wildman–Crippen MR) is 81.0 cm³/mol. The maximum Gasteiger partial charge on any atom is 0.111 e. The van der Waals surface area contributed by atoms with Gasteiger partial charge < -0.3 is 4.57 Å². The normalized spacial score (nSPS) is 17.2. The molecule has 1 fully saturated rings.